The van der Waals surface area contributed by atoms with Crippen LogP contribution in [0.4, 0.5) is 13.2 Å². The Bertz CT molecular complexity index is 549. The lowest BCUT2D eigenvalue weighted by molar-refractivity contribution is -0.275. The van der Waals surface area contributed by atoms with E-state index in [-0.39, 0.29) is 23.5 Å². The number of ether oxygens (including phenoxy) is 3. The molecule has 0 bridgehead atoms. The number of alkyl halides is 3. The fraction of sp³-hybridized carbons (Fsp3) is 0.333. The van der Waals surface area contributed by atoms with Gasteiger partial charge in [-0.1, -0.05) is 0 Å². The van der Waals surface area contributed by atoms with Crippen molar-refractivity contribution in [2.75, 3.05) is 13.7 Å². The van der Waals surface area contributed by atoms with Gasteiger partial charge in [-0.05, 0) is 13.0 Å². The second-order valence-electron chi connectivity index (χ2n) is 3.43. The van der Waals surface area contributed by atoms with E-state index >= 15 is 0 Å². The molecule has 0 aromatic heterocycles. The molecule has 108 valence electrons. The summed E-state index contributed by atoms with van der Waals surface area (Å²) in [7, 11) is 1.11. The van der Waals surface area contributed by atoms with E-state index in [1.54, 1.807) is 13.0 Å². The summed E-state index contributed by atoms with van der Waals surface area (Å²) in [5.74, 6) is -1.87. The molecule has 1 aromatic carbocycles. The molecular formula is C12H10F3NO4. The molecule has 0 heterocycles. The molecule has 0 radical (unpaired) electrons. The molecule has 20 heavy (non-hydrogen) atoms. The molecule has 8 heteroatoms. The molecule has 0 aliphatic heterocycles. The van der Waals surface area contributed by atoms with Gasteiger partial charge in [-0.3, -0.25) is 0 Å². The topological polar surface area (TPSA) is 68.6 Å². The van der Waals surface area contributed by atoms with Gasteiger partial charge in [0.2, 0.25) is 0 Å². The van der Waals surface area contributed by atoms with Crippen LogP contribution in [0.1, 0.15) is 22.8 Å². The third-order valence-corrected chi connectivity index (χ3v) is 2.15. The highest BCUT2D eigenvalue weighted by Crippen LogP contribution is 2.34. The summed E-state index contributed by atoms with van der Waals surface area (Å²) in [6.07, 6.45) is -4.94. The SMILES string of the molecule is CCOC(=O)c1cc(OC)c(OC(F)(F)F)cc1C#N. The molecule has 0 fully saturated rings. The Balaban J connectivity index is 3.31. The number of rotatable bonds is 4. The Morgan fingerprint density at radius 1 is 1.35 bits per heavy atom. The molecule has 0 aliphatic carbocycles. The van der Waals surface area contributed by atoms with Crippen molar-refractivity contribution in [3.05, 3.63) is 23.3 Å². The van der Waals surface area contributed by atoms with Crippen molar-refractivity contribution in [3.63, 3.8) is 0 Å². The minimum atomic E-state index is -4.94. The second-order valence-corrected chi connectivity index (χ2v) is 3.43. The molecule has 0 aliphatic rings. The summed E-state index contributed by atoms with van der Waals surface area (Å²) < 4.78 is 49.8. The number of hydrogen-bond donors (Lipinski definition) is 0. The minimum Gasteiger partial charge on any atom is -0.493 e. The van der Waals surface area contributed by atoms with E-state index in [2.05, 4.69) is 4.74 Å². The molecule has 0 atom stereocenters. The largest absolute Gasteiger partial charge is 0.573 e. The molecule has 1 rings (SSSR count). The van der Waals surface area contributed by atoms with Gasteiger partial charge in [-0.15, -0.1) is 13.2 Å². The average molecular weight is 289 g/mol. The number of carbonyl (C=O) groups excluding carboxylic acids is 1. The van der Waals surface area contributed by atoms with E-state index in [1.165, 1.54) is 0 Å². The quantitative estimate of drug-likeness (QED) is 0.797. The Hall–Kier alpha value is -2.43. The fourth-order valence-electron chi connectivity index (χ4n) is 1.39. The molecule has 0 N–H and O–H groups in total. The van der Waals surface area contributed by atoms with Crippen LogP contribution < -0.4 is 9.47 Å². The number of benzene rings is 1. The van der Waals surface area contributed by atoms with Gasteiger partial charge in [0.05, 0.1) is 24.8 Å². The lowest BCUT2D eigenvalue weighted by Gasteiger charge is -2.14. The number of methoxy groups -OCH3 is 1. The van der Waals surface area contributed by atoms with Crippen LogP contribution in [-0.4, -0.2) is 26.0 Å². The maximum atomic E-state index is 12.2. The lowest BCUT2D eigenvalue weighted by atomic mass is 10.1. The standard InChI is InChI=1S/C12H10F3NO4/c1-3-19-11(17)8-5-9(18-2)10(4-7(8)6-16)20-12(13,14)15/h4-5H,3H2,1-2H3. The molecule has 5 nitrogen and oxygen atoms in total. The van der Waals surface area contributed by atoms with E-state index in [0.717, 1.165) is 19.2 Å². The number of nitriles is 1. The minimum absolute atomic E-state index is 0.0623. The summed E-state index contributed by atoms with van der Waals surface area (Å²) in [4.78, 5) is 11.6. The number of nitrogens with zero attached hydrogens (tertiary/aromatic N) is 1. The van der Waals surface area contributed by atoms with Gasteiger partial charge < -0.3 is 14.2 Å². The smallest absolute Gasteiger partial charge is 0.493 e. The molecule has 0 spiro atoms. The van der Waals surface area contributed by atoms with Gasteiger partial charge in [0, 0.05) is 6.07 Å². The highest BCUT2D eigenvalue weighted by molar-refractivity contribution is 5.93. The van der Waals surface area contributed by atoms with Crippen molar-refractivity contribution in [2.45, 2.75) is 13.3 Å². The third kappa shape index (κ3) is 3.78. The summed E-state index contributed by atoms with van der Waals surface area (Å²) in [5, 5.41) is 8.89. The summed E-state index contributed by atoms with van der Waals surface area (Å²) in [5.41, 5.74) is -0.496. The van der Waals surface area contributed by atoms with E-state index in [9.17, 15) is 18.0 Å². The first-order valence-electron chi connectivity index (χ1n) is 5.37. The molecular weight excluding hydrogens is 279 g/mol. The van der Waals surface area contributed by atoms with E-state index in [4.69, 9.17) is 14.7 Å². The normalized spacial score (nSPS) is 10.6. The average Bonchev–Trinajstić information content (AvgIpc) is 2.36. The number of esters is 1. The van der Waals surface area contributed by atoms with Crippen molar-refractivity contribution in [1.82, 2.24) is 0 Å². The van der Waals surface area contributed by atoms with E-state index in [0.29, 0.717) is 0 Å². The van der Waals surface area contributed by atoms with Crippen LogP contribution in [0.25, 0.3) is 0 Å². The van der Waals surface area contributed by atoms with Gasteiger partial charge in [-0.25, -0.2) is 4.79 Å². The van der Waals surface area contributed by atoms with Crippen LogP contribution in [0.3, 0.4) is 0 Å². The van der Waals surface area contributed by atoms with Crippen LogP contribution in [0, 0.1) is 11.3 Å². The molecule has 0 unspecified atom stereocenters. The van der Waals surface area contributed by atoms with E-state index in [1.807, 2.05) is 0 Å². The zero-order chi connectivity index (χ0) is 15.3. The van der Waals surface area contributed by atoms with Crippen molar-refractivity contribution in [3.8, 4) is 17.6 Å². The van der Waals surface area contributed by atoms with Crippen molar-refractivity contribution in [1.29, 1.82) is 5.26 Å². The molecule has 0 saturated carbocycles. The first-order valence-corrected chi connectivity index (χ1v) is 5.37. The third-order valence-electron chi connectivity index (χ3n) is 2.15. The van der Waals surface area contributed by atoms with Gasteiger partial charge >= 0.3 is 12.3 Å². The van der Waals surface area contributed by atoms with Crippen LogP contribution in [0.2, 0.25) is 0 Å². The fourth-order valence-corrected chi connectivity index (χ4v) is 1.39. The first kappa shape index (κ1) is 15.6. The number of halogens is 3. The molecule has 1 aromatic rings. The summed E-state index contributed by atoms with van der Waals surface area (Å²) >= 11 is 0. The Kier molecular flexibility index (Phi) is 4.80. The zero-order valence-corrected chi connectivity index (χ0v) is 10.6. The molecule has 0 saturated heterocycles. The first-order chi connectivity index (χ1) is 9.32. The predicted octanol–water partition coefficient (Wildman–Crippen LogP) is 2.64. The maximum absolute atomic E-state index is 12.2. The Labute approximate surface area is 112 Å². The van der Waals surface area contributed by atoms with Gasteiger partial charge in [-0.2, -0.15) is 5.26 Å². The lowest BCUT2D eigenvalue weighted by Crippen LogP contribution is -2.18. The van der Waals surface area contributed by atoms with Crippen LogP contribution in [0.5, 0.6) is 11.5 Å². The summed E-state index contributed by atoms with van der Waals surface area (Å²) in [6.45, 7) is 1.62. The monoisotopic (exact) mass is 289 g/mol. The highest BCUT2D eigenvalue weighted by atomic mass is 19.4. The Morgan fingerprint density at radius 2 is 2.00 bits per heavy atom. The maximum Gasteiger partial charge on any atom is 0.573 e. The van der Waals surface area contributed by atoms with Gasteiger partial charge in [0.1, 0.15) is 6.07 Å². The number of carbonyl (C=O) groups is 1. The van der Waals surface area contributed by atoms with E-state index < -0.39 is 18.1 Å². The van der Waals surface area contributed by atoms with Crippen LogP contribution in [0.15, 0.2) is 12.1 Å². The molecule has 0 amide bonds. The van der Waals surface area contributed by atoms with Crippen LogP contribution in [-0.2, 0) is 4.74 Å². The van der Waals surface area contributed by atoms with Crippen molar-refractivity contribution < 1.29 is 32.2 Å². The van der Waals surface area contributed by atoms with Gasteiger partial charge in [0.25, 0.3) is 0 Å². The summed E-state index contributed by atoms with van der Waals surface area (Å²) in [6, 6.07) is 3.35. The van der Waals surface area contributed by atoms with Crippen LogP contribution >= 0.6 is 0 Å². The van der Waals surface area contributed by atoms with Gasteiger partial charge in [0.15, 0.2) is 11.5 Å². The zero-order valence-electron chi connectivity index (χ0n) is 10.6. The predicted molar refractivity (Wildman–Crippen MR) is 60.3 cm³/mol. The number of hydrogen-bond acceptors (Lipinski definition) is 5. The second kappa shape index (κ2) is 6.14. The van der Waals surface area contributed by atoms with Crippen molar-refractivity contribution >= 4 is 5.97 Å². The van der Waals surface area contributed by atoms with Crippen molar-refractivity contribution in [2.24, 2.45) is 0 Å². The highest BCUT2D eigenvalue weighted by Gasteiger charge is 2.33. The Morgan fingerprint density at radius 3 is 2.45 bits per heavy atom.